The zero-order valence-corrected chi connectivity index (χ0v) is 11.2. The standard InChI is InChI=1S/C14H22N2O2/c1-11(2)16-8-7-15-6-5-12-3-4-13-14(9-12)18-10-17-13/h3-4,9,11,15-16H,5-8,10H2,1-2H3. The molecule has 0 bridgehead atoms. The summed E-state index contributed by atoms with van der Waals surface area (Å²) < 4.78 is 10.6. The Bertz CT molecular complexity index is 380. The number of hydrogen-bond donors (Lipinski definition) is 2. The number of ether oxygens (including phenoxy) is 2. The van der Waals surface area contributed by atoms with Gasteiger partial charge in [-0.1, -0.05) is 19.9 Å². The van der Waals surface area contributed by atoms with Gasteiger partial charge < -0.3 is 20.1 Å². The van der Waals surface area contributed by atoms with Crippen LogP contribution in [0.5, 0.6) is 11.5 Å². The van der Waals surface area contributed by atoms with E-state index in [4.69, 9.17) is 9.47 Å². The molecule has 2 N–H and O–H groups in total. The van der Waals surface area contributed by atoms with Crippen molar-refractivity contribution in [2.45, 2.75) is 26.3 Å². The van der Waals surface area contributed by atoms with Gasteiger partial charge in [0.1, 0.15) is 0 Å². The fourth-order valence-corrected chi connectivity index (χ4v) is 1.90. The van der Waals surface area contributed by atoms with E-state index < -0.39 is 0 Å². The molecule has 4 nitrogen and oxygen atoms in total. The van der Waals surface area contributed by atoms with Crippen molar-refractivity contribution in [3.63, 3.8) is 0 Å². The Labute approximate surface area is 109 Å². The zero-order valence-electron chi connectivity index (χ0n) is 11.2. The molecule has 1 aromatic carbocycles. The topological polar surface area (TPSA) is 42.5 Å². The number of hydrogen-bond acceptors (Lipinski definition) is 4. The third-order valence-electron chi connectivity index (χ3n) is 2.88. The number of fused-ring (bicyclic) bond motifs is 1. The highest BCUT2D eigenvalue weighted by atomic mass is 16.7. The first-order valence-electron chi connectivity index (χ1n) is 6.58. The first-order valence-corrected chi connectivity index (χ1v) is 6.58. The Hall–Kier alpha value is -1.26. The lowest BCUT2D eigenvalue weighted by Gasteiger charge is -2.09. The zero-order chi connectivity index (χ0) is 12.8. The van der Waals surface area contributed by atoms with Gasteiger partial charge in [-0.25, -0.2) is 0 Å². The molecule has 100 valence electrons. The van der Waals surface area contributed by atoms with Crippen molar-refractivity contribution in [1.82, 2.24) is 10.6 Å². The van der Waals surface area contributed by atoms with E-state index in [2.05, 4.69) is 36.6 Å². The molecule has 4 heteroatoms. The molecule has 1 aliphatic heterocycles. The summed E-state index contributed by atoms with van der Waals surface area (Å²) >= 11 is 0. The molecular formula is C14H22N2O2. The first-order chi connectivity index (χ1) is 8.75. The van der Waals surface area contributed by atoms with E-state index in [0.29, 0.717) is 12.8 Å². The van der Waals surface area contributed by atoms with Crippen LogP contribution in [0.2, 0.25) is 0 Å². The van der Waals surface area contributed by atoms with Crippen molar-refractivity contribution in [3.05, 3.63) is 23.8 Å². The van der Waals surface area contributed by atoms with Gasteiger partial charge in [0.05, 0.1) is 0 Å². The van der Waals surface area contributed by atoms with E-state index in [1.54, 1.807) is 0 Å². The van der Waals surface area contributed by atoms with Crippen LogP contribution in [0.4, 0.5) is 0 Å². The molecule has 1 heterocycles. The van der Waals surface area contributed by atoms with E-state index in [-0.39, 0.29) is 0 Å². The van der Waals surface area contributed by atoms with E-state index in [1.165, 1.54) is 5.56 Å². The molecule has 1 aliphatic rings. The number of benzene rings is 1. The van der Waals surface area contributed by atoms with Crippen LogP contribution in [-0.2, 0) is 6.42 Å². The molecule has 0 spiro atoms. The third kappa shape index (κ3) is 3.89. The van der Waals surface area contributed by atoms with Crippen molar-refractivity contribution in [2.24, 2.45) is 0 Å². The molecule has 18 heavy (non-hydrogen) atoms. The summed E-state index contributed by atoms with van der Waals surface area (Å²) in [6.07, 6.45) is 1.01. The van der Waals surface area contributed by atoms with E-state index in [9.17, 15) is 0 Å². The maximum atomic E-state index is 5.36. The third-order valence-corrected chi connectivity index (χ3v) is 2.88. The van der Waals surface area contributed by atoms with E-state index in [1.807, 2.05) is 6.07 Å². The van der Waals surface area contributed by atoms with Gasteiger partial charge in [0.25, 0.3) is 0 Å². The minimum Gasteiger partial charge on any atom is -0.454 e. The molecule has 0 unspecified atom stereocenters. The lowest BCUT2D eigenvalue weighted by molar-refractivity contribution is 0.174. The van der Waals surface area contributed by atoms with Crippen LogP contribution in [0.3, 0.4) is 0 Å². The smallest absolute Gasteiger partial charge is 0.231 e. The van der Waals surface area contributed by atoms with Crippen molar-refractivity contribution in [3.8, 4) is 11.5 Å². The second-order valence-corrected chi connectivity index (χ2v) is 4.80. The van der Waals surface area contributed by atoms with Crippen molar-refractivity contribution < 1.29 is 9.47 Å². The van der Waals surface area contributed by atoms with Crippen molar-refractivity contribution in [2.75, 3.05) is 26.4 Å². The lowest BCUT2D eigenvalue weighted by atomic mass is 10.1. The Balaban J connectivity index is 1.65. The quantitative estimate of drug-likeness (QED) is 0.721. The van der Waals surface area contributed by atoms with Gasteiger partial charge in [0.2, 0.25) is 6.79 Å². The summed E-state index contributed by atoms with van der Waals surface area (Å²) in [6.45, 7) is 7.66. The van der Waals surface area contributed by atoms with Crippen LogP contribution in [0.25, 0.3) is 0 Å². The number of nitrogens with one attached hydrogen (secondary N) is 2. The summed E-state index contributed by atoms with van der Waals surface area (Å²) in [4.78, 5) is 0. The Morgan fingerprint density at radius 1 is 1.11 bits per heavy atom. The summed E-state index contributed by atoms with van der Waals surface area (Å²) in [5.41, 5.74) is 1.28. The fourth-order valence-electron chi connectivity index (χ4n) is 1.90. The van der Waals surface area contributed by atoms with Crippen molar-refractivity contribution >= 4 is 0 Å². The fraction of sp³-hybridized carbons (Fsp3) is 0.571. The largest absolute Gasteiger partial charge is 0.454 e. The Morgan fingerprint density at radius 3 is 2.78 bits per heavy atom. The maximum Gasteiger partial charge on any atom is 0.231 e. The maximum absolute atomic E-state index is 5.36. The van der Waals surface area contributed by atoms with Crippen LogP contribution in [0.15, 0.2) is 18.2 Å². The van der Waals surface area contributed by atoms with Gasteiger partial charge in [0, 0.05) is 19.1 Å². The van der Waals surface area contributed by atoms with Crippen molar-refractivity contribution in [1.29, 1.82) is 0 Å². The van der Waals surface area contributed by atoms with Crippen LogP contribution in [0.1, 0.15) is 19.4 Å². The van der Waals surface area contributed by atoms with Gasteiger partial charge in [0.15, 0.2) is 11.5 Å². The molecule has 0 amide bonds. The monoisotopic (exact) mass is 250 g/mol. The summed E-state index contributed by atoms with van der Waals surface area (Å²) in [5.74, 6) is 1.72. The highest BCUT2D eigenvalue weighted by Gasteiger charge is 2.12. The molecule has 1 aromatic rings. The van der Waals surface area contributed by atoms with Gasteiger partial charge in [-0.15, -0.1) is 0 Å². The Morgan fingerprint density at radius 2 is 1.94 bits per heavy atom. The second-order valence-electron chi connectivity index (χ2n) is 4.80. The highest BCUT2D eigenvalue weighted by Crippen LogP contribution is 2.32. The molecule has 0 aromatic heterocycles. The Kier molecular flexibility index (Phi) is 4.84. The minimum atomic E-state index is 0.345. The van der Waals surface area contributed by atoms with E-state index >= 15 is 0 Å². The molecule has 0 fully saturated rings. The van der Waals surface area contributed by atoms with Crippen LogP contribution < -0.4 is 20.1 Å². The van der Waals surface area contributed by atoms with Crippen LogP contribution >= 0.6 is 0 Å². The molecule has 2 rings (SSSR count). The predicted molar refractivity (Wildman–Crippen MR) is 72.3 cm³/mol. The molecule has 0 aliphatic carbocycles. The van der Waals surface area contributed by atoms with E-state index in [0.717, 1.165) is 37.6 Å². The van der Waals surface area contributed by atoms with Gasteiger partial charge in [-0.3, -0.25) is 0 Å². The van der Waals surface area contributed by atoms with Crippen LogP contribution in [0, 0.1) is 0 Å². The minimum absolute atomic E-state index is 0.345. The lowest BCUT2D eigenvalue weighted by Crippen LogP contribution is -2.32. The van der Waals surface area contributed by atoms with Gasteiger partial charge in [-0.2, -0.15) is 0 Å². The SMILES string of the molecule is CC(C)NCCNCCc1ccc2c(c1)OCO2. The summed E-state index contributed by atoms with van der Waals surface area (Å²) in [6, 6.07) is 6.70. The summed E-state index contributed by atoms with van der Waals surface area (Å²) in [7, 11) is 0. The number of rotatable bonds is 7. The second kappa shape index (κ2) is 6.61. The van der Waals surface area contributed by atoms with Gasteiger partial charge >= 0.3 is 0 Å². The molecule has 0 saturated carbocycles. The summed E-state index contributed by atoms with van der Waals surface area (Å²) in [5, 5.41) is 6.80. The molecule has 0 atom stereocenters. The highest BCUT2D eigenvalue weighted by molar-refractivity contribution is 5.44. The molecule has 0 radical (unpaired) electrons. The average Bonchev–Trinajstić information content (AvgIpc) is 2.80. The average molecular weight is 250 g/mol. The van der Waals surface area contributed by atoms with Crippen LogP contribution in [-0.4, -0.2) is 32.5 Å². The molecule has 0 saturated heterocycles. The molecular weight excluding hydrogens is 228 g/mol. The normalized spacial score (nSPS) is 13.3. The van der Waals surface area contributed by atoms with Gasteiger partial charge in [-0.05, 0) is 30.7 Å². The first kappa shape index (κ1) is 13.2. The predicted octanol–water partition coefficient (Wildman–Crippen LogP) is 1.55.